The Kier molecular flexibility index (Phi) is 5.87. The first-order valence-corrected chi connectivity index (χ1v) is 8.78. The number of nitrogens with one attached hydrogen (secondary N) is 2. The second-order valence-electron chi connectivity index (χ2n) is 5.12. The third kappa shape index (κ3) is 5.04. The lowest BCUT2D eigenvalue weighted by Gasteiger charge is -2.26. The van der Waals surface area contributed by atoms with Crippen LogP contribution in [0.1, 0.15) is 12.0 Å². The van der Waals surface area contributed by atoms with Crippen LogP contribution in [-0.4, -0.2) is 50.6 Å². The van der Waals surface area contributed by atoms with Gasteiger partial charge in [0.2, 0.25) is 15.9 Å². The van der Waals surface area contributed by atoms with Gasteiger partial charge in [0, 0.05) is 39.1 Å². The zero-order valence-corrected chi connectivity index (χ0v) is 13.0. The Morgan fingerprint density at radius 3 is 2.50 bits per heavy atom. The Hall–Kier alpha value is -1.51. The van der Waals surface area contributed by atoms with Gasteiger partial charge in [0.1, 0.15) is 5.82 Å². The van der Waals surface area contributed by atoms with Gasteiger partial charge in [-0.3, -0.25) is 4.79 Å². The Labute approximate surface area is 129 Å². The Balaban J connectivity index is 1.76. The van der Waals surface area contributed by atoms with Gasteiger partial charge in [-0.15, -0.1) is 0 Å². The number of carbonyl (C=O) groups excluding carboxylic acids is 1. The molecule has 1 aliphatic rings. The smallest absolute Gasteiger partial charge is 0.221 e. The number of hydrogen-bond acceptors (Lipinski definition) is 4. The van der Waals surface area contributed by atoms with Crippen LogP contribution in [0.25, 0.3) is 0 Å². The van der Waals surface area contributed by atoms with Gasteiger partial charge in [0.15, 0.2) is 0 Å². The lowest BCUT2D eigenvalue weighted by atomic mass is 10.2. The fraction of sp³-hybridized carbons (Fsp3) is 0.500. The van der Waals surface area contributed by atoms with E-state index in [1.807, 2.05) is 0 Å². The molecule has 1 aromatic rings. The molecule has 1 aromatic carbocycles. The number of carbonyl (C=O) groups is 1. The molecule has 0 aliphatic carbocycles. The molecular weight excluding hydrogens is 309 g/mol. The van der Waals surface area contributed by atoms with Crippen molar-refractivity contribution in [2.45, 2.75) is 13.0 Å². The monoisotopic (exact) mass is 329 g/mol. The van der Waals surface area contributed by atoms with Gasteiger partial charge in [0.05, 0.1) is 5.75 Å². The fourth-order valence-electron chi connectivity index (χ4n) is 2.16. The van der Waals surface area contributed by atoms with Gasteiger partial charge >= 0.3 is 0 Å². The highest BCUT2D eigenvalue weighted by molar-refractivity contribution is 7.89. The molecule has 1 aliphatic heterocycles. The van der Waals surface area contributed by atoms with Crippen LogP contribution in [0.15, 0.2) is 24.3 Å². The molecule has 0 atom stereocenters. The molecule has 0 unspecified atom stereocenters. The summed E-state index contributed by atoms with van der Waals surface area (Å²) >= 11 is 0. The molecule has 0 saturated carbocycles. The van der Waals surface area contributed by atoms with Crippen LogP contribution in [-0.2, 0) is 21.4 Å². The number of halogens is 1. The predicted octanol–water partition coefficient (Wildman–Crippen LogP) is 0.0670. The van der Waals surface area contributed by atoms with E-state index < -0.39 is 10.0 Å². The van der Waals surface area contributed by atoms with Crippen molar-refractivity contribution >= 4 is 15.9 Å². The third-order valence-corrected chi connectivity index (χ3v) is 5.33. The van der Waals surface area contributed by atoms with Crippen molar-refractivity contribution in [1.82, 2.24) is 14.9 Å². The highest BCUT2D eigenvalue weighted by Gasteiger charge is 2.24. The van der Waals surface area contributed by atoms with Gasteiger partial charge in [-0.2, -0.15) is 4.31 Å². The van der Waals surface area contributed by atoms with Crippen LogP contribution < -0.4 is 10.6 Å². The van der Waals surface area contributed by atoms with Crippen LogP contribution in [0.5, 0.6) is 0 Å². The Bertz CT molecular complexity index is 598. The molecule has 122 valence electrons. The Morgan fingerprint density at radius 1 is 1.23 bits per heavy atom. The maximum Gasteiger partial charge on any atom is 0.221 e. The molecule has 6 nitrogen and oxygen atoms in total. The number of amides is 1. The summed E-state index contributed by atoms with van der Waals surface area (Å²) in [5, 5.41) is 5.72. The number of benzene rings is 1. The number of piperazine rings is 1. The molecule has 0 aromatic heterocycles. The molecule has 1 heterocycles. The van der Waals surface area contributed by atoms with Gasteiger partial charge in [0.25, 0.3) is 0 Å². The van der Waals surface area contributed by atoms with E-state index in [4.69, 9.17) is 0 Å². The van der Waals surface area contributed by atoms with Crippen LogP contribution in [0.3, 0.4) is 0 Å². The van der Waals surface area contributed by atoms with E-state index in [-0.39, 0.29) is 30.4 Å². The van der Waals surface area contributed by atoms with E-state index in [2.05, 4.69) is 10.6 Å². The summed E-state index contributed by atoms with van der Waals surface area (Å²) in [4.78, 5) is 11.7. The summed E-state index contributed by atoms with van der Waals surface area (Å²) in [6, 6.07) is 5.78. The highest BCUT2D eigenvalue weighted by atomic mass is 32.2. The van der Waals surface area contributed by atoms with Crippen LogP contribution in [0, 0.1) is 5.82 Å². The number of nitrogens with zero attached hydrogens (tertiary/aromatic N) is 1. The van der Waals surface area contributed by atoms with Crippen molar-refractivity contribution in [3.8, 4) is 0 Å². The molecule has 2 N–H and O–H groups in total. The largest absolute Gasteiger partial charge is 0.352 e. The number of hydrogen-bond donors (Lipinski definition) is 2. The van der Waals surface area contributed by atoms with Crippen molar-refractivity contribution in [3.63, 3.8) is 0 Å². The van der Waals surface area contributed by atoms with Crippen LogP contribution in [0.4, 0.5) is 4.39 Å². The maximum absolute atomic E-state index is 12.8. The summed E-state index contributed by atoms with van der Waals surface area (Å²) < 4.78 is 38.3. The zero-order chi connectivity index (χ0) is 16.0. The van der Waals surface area contributed by atoms with E-state index in [0.717, 1.165) is 5.56 Å². The lowest BCUT2D eigenvalue weighted by molar-refractivity contribution is -0.120. The van der Waals surface area contributed by atoms with E-state index in [1.54, 1.807) is 12.1 Å². The molecule has 0 spiro atoms. The van der Waals surface area contributed by atoms with Crippen molar-refractivity contribution in [2.24, 2.45) is 0 Å². The fourth-order valence-corrected chi connectivity index (χ4v) is 3.61. The molecule has 1 amide bonds. The topological polar surface area (TPSA) is 78.5 Å². The first-order chi connectivity index (χ1) is 10.5. The first kappa shape index (κ1) is 16.9. The van der Waals surface area contributed by atoms with Crippen molar-refractivity contribution < 1.29 is 17.6 Å². The summed E-state index contributed by atoms with van der Waals surface area (Å²) in [5.41, 5.74) is 0.764. The quantitative estimate of drug-likeness (QED) is 0.774. The predicted molar refractivity (Wildman–Crippen MR) is 81.1 cm³/mol. The van der Waals surface area contributed by atoms with Gasteiger partial charge in [-0.1, -0.05) is 12.1 Å². The second-order valence-corrected chi connectivity index (χ2v) is 7.21. The van der Waals surface area contributed by atoms with E-state index in [9.17, 15) is 17.6 Å². The first-order valence-electron chi connectivity index (χ1n) is 7.17. The van der Waals surface area contributed by atoms with Crippen molar-refractivity contribution in [1.29, 1.82) is 0 Å². The average Bonchev–Trinajstić information content (AvgIpc) is 2.53. The van der Waals surface area contributed by atoms with Crippen LogP contribution >= 0.6 is 0 Å². The molecule has 2 rings (SSSR count). The third-order valence-electron chi connectivity index (χ3n) is 3.46. The molecular formula is C14H20FN3O3S. The molecule has 1 saturated heterocycles. The molecule has 1 fully saturated rings. The second kappa shape index (κ2) is 7.66. The molecule has 8 heteroatoms. The van der Waals surface area contributed by atoms with Gasteiger partial charge in [-0.25, -0.2) is 12.8 Å². The summed E-state index contributed by atoms with van der Waals surface area (Å²) in [6.45, 7) is 2.41. The Morgan fingerprint density at radius 2 is 1.86 bits per heavy atom. The summed E-state index contributed by atoms with van der Waals surface area (Å²) in [7, 11) is -3.38. The minimum Gasteiger partial charge on any atom is -0.352 e. The molecule has 22 heavy (non-hydrogen) atoms. The van der Waals surface area contributed by atoms with Crippen molar-refractivity contribution in [2.75, 3.05) is 31.9 Å². The standard InChI is InChI=1S/C14H20FN3O3S/c15-13-3-1-12(2-4-13)11-17-14(19)5-10-22(20,21)18-8-6-16-7-9-18/h1-4,16H,5-11H2,(H,17,19). The summed E-state index contributed by atoms with van der Waals surface area (Å²) in [5.74, 6) is -0.859. The highest BCUT2D eigenvalue weighted by Crippen LogP contribution is 2.06. The maximum atomic E-state index is 12.8. The van der Waals surface area contributed by atoms with E-state index >= 15 is 0 Å². The van der Waals surface area contributed by atoms with Crippen LogP contribution in [0.2, 0.25) is 0 Å². The SMILES string of the molecule is O=C(CCS(=O)(=O)N1CCNCC1)NCc1ccc(F)cc1. The van der Waals surface area contributed by atoms with Gasteiger partial charge in [-0.05, 0) is 17.7 Å². The lowest BCUT2D eigenvalue weighted by Crippen LogP contribution is -2.47. The molecule has 0 radical (unpaired) electrons. The summed E-state index contributed by atoms with van der Waals surface area (Å²) in [6.07, 6.45) is -0.0759. The molecule has 0 bridgehead atoms. The average molecular weight is 329 g/mol. The van der Waals surface area contributed by atoms with E-state index in [1.165, 1.54) is 16.4 Å². The minimum atomic E-state index is -3.38. The minimum absolute atomic E-state index is 0.0759. The normalized spacial score (nSPS) is 16.4. The number of rotatable bonds is 6. The van der Waals surface area contributed by atoms with E-state index in [0.29, 0.717) is 26.2 Å². The van der Waals surface area contributed by atoms with Gasteiger partial charge < -0.3 is 10.6 Å². The number of sulfonamides is 1. The van der Waals surface area contributed by atoms with Crippen molar-refractivity contribution in [3.05, 3.63) is 35.6 Å². The zero-order valence-electron chi connectivity index (χ0n) is 12.2.